The third kappa shape index (κ3) is 4.42. The Hall–Kier alpha value is -2.97. The number of furan rings is 1. The van der Waals surface area contributed by atoms with Crippen molar-refractivity contribution < 1.29 is 14.1 Å². The number of nitrogens with one attached hydrogen (secondary N) is 1. The fourth-order valence-corrected chi connectivity index (χ4v) is 2.98. The van der Waals surface area contributed by atoms with Crippen LogP contribution in [0, 0.1) is 10.1 Å². The minimum Gasteiger partial charge on any atom is -0.455 e. The van der Waals surface area contributed by atoms with E-state index in [0.29, 0.717) is 27.1 Å². The number of nitro benzene ring substituents is 1. The first kappa shape index (κ1) is 18.8. The molecule has 7 nitrogen and oxygen atoms in total. The summed E-state index contributed by atoms with van der Waals surface area (Å²) in [5.41, 5.74) is 3.27. The molecule has 0 aliphatic carbocycles. The van der Waals surface area contributed by atoms with Crippen LogP contribution in [0.2, 0.25) is 5.02 Å². The van der Waals surface area contributed by atoms with Crippen molar-refractivity contribution in [2.24, 2.45) is 5.10 Å². The normalized spacial score (nSPS) is 10.9. The van der Waals surface area contributed by atoms with E-state index in [2.05, 4.69) is 26.5 Å². The molecule has 0 saturated heterocycles. The van der Waals surface area contributed by atoms with Crippen molar-refractivity contribution in [3.8, 4) is 11.3 Å². The highest BCUT2D eigenvalue weighted by Crippen LogP contribution is 2.32. The fraction of sp³-hybridized carbons (Fsp3) is 0. The maximum atomic E-state index is 12.1. The molecule has 136 valence electrons. The quantitative estimate of drug-likeness (QED) is 0.336. The predicted octanol–water partition coefficient (Wildman–Crippen LogP) is 5.03. The molecule has 27 heavy (non-hydrogen) atoms. The van der Waals surface area contributed by atoms with Gasteiger partial charge in [-0.05, 0) is 46.3 Å². The van der Waals surface area contributed by atoms with Crippen LogP contribution in [0.1, 0.15) is 16.1 Å². The first-order valence-electron chi connectivity index (χ1n) is 7.58. The number of non-ortho nitro benzene ring substituents is 1. The predicted molar refractivity (Wildman–Crippen MR) is 105 cm³/mol. The third-order valence-corrected chi connectivity index (χ3v) is 4.54. The summed E-state index contributed by atoms with van der Waals surface area (Å²) >= 11 is 9.38. The van der Waals surface area contributed by atoms with Gasteiger partial charge in [-0.1, -0.05) is 23.7 Å². The molecule has 1 amide bonds. The Bertz CT molecular complexity index is 1050. The molecular formula is C18H11BrClN3O4. The number of amides is 1. The summed E-state index contributed by atoms with van der Waals surface area (Å²) in [4.78, 5) is 22.3. The van der Waals surface area contributed by atoms with Crippen molar-refractivity contribution in [1.29, 1.82) is 0 Å². The molecule has 0 aliphatic rings. The first-order chi connectivity index (χ1) is 13.0. The van der Waals surface area contributed by atoms with Gasteiger partial charge in [-0.3, -0.25) is 14.9 Å². The van der Waals surface area contributed by atoms with E-state index in [1.54, 1.807) is 36.4 Å². The Morgan fingerprint density at radius 1 is 1.22 bits per heavy atom. The summed E-state index contributed by atoms with van der Waals surface area (Å²) in [6.45, 7) is 0. The molecule has 0 fully saturated rings. The van der Waals surface area contributed by atoms with E-state index in [1.165, 1.54) is 24.4 Å². The van der Waals surface area contributed by atoms with Gasteiger partial charge < -0.3 is 4.42 Å². The van der Waals surface area contributed by atoms with Crippen LogP contribution in [-0.4, -0.2) is 17.0 Å². The van der Waals surface area contributed by atoms with Crippen LogP contribution in [0.5, 0.6) is 0 Å². The minimum atomic E-state index is -0.524. The lowest BCUT2D eigenvalue weighted by Gasteiger charge is -2.01. The zero-order chi connectivity index (χ0) is 19.4. The van der Waals surface area contributed by atoms with Gasteiger partial charge in [0.15, 0.2) is 0 Å². The lowest BCUT2D eigenvalue weighted by atomic mass is 10.1. The lowest BCUT2D eigenvalue weighted by Crippen LogP contribution is -2.17. The van der Waals surface area contributed by atoms with Gasteiger partial charge in [0.05, 0.1) is 21.7 Å². The number of nitrogens with zero attached hydrogens (tertiary/aromatic N) is 2. The highest BCUT2D eigenvalue weighted by molar-refractivity contribution is 9.10. The van der Waals surface area contributed by atoms with Gasteiger partial charge in [0, 0.05) is 22.2 Å². The second-order valence-electron chi connectivity index (χ2n) is 5.30. The molecular weight excluding hydrogens is 438 g/mol. The van der Waals surface area contributed by atoms with Crippen molar-refractivity contribution in [2.75, 3.05) is 0 Å². The molecule has 1 aromatic heterocycles. The molecule has 0 atom stereocenters. The number of hydrogen-bond acceptors (Lipinski definition) is 5. The van der Waals surface area contributed by atoms with E-state index in [0.717, 1.165) is 0 Å². The summed E-state index contributed by atoms with van der Waals surface area (Å²) in [5, 5.41) is 14.8. The van der Waals surface area contributed by atoms with Gasteiger partial charge >= 0.3 is 0 Å². The molecule has 0 spiro atoms. The first-order valence-corrected chi connectivity index (χ1v) is 8.75. The van der Waals surface area contributed by atoms with Crippen LogP contribution in [-0.2, 0) is 0 Å². The van der Waals surface area contributed by atoms with Gasteiger partial charge in [0.1, 0.15) is 11.5 Å². The molecule has 0 bridgehead atoms. The zero-order valence-electron chi connectivity index (χ0n) is 13.6. The summed E-state index contributed by atoms with van der Waals surface area (Å²) < 4.78 is 6.26. The molecule has 3 aromatic rings. The van der Waals surface area contributed by atoms with Crippen LogP contribution < -0.4 is 5.43 Å². The molecule has 2 aromatic carbocycles. The highest BCUT2D eigenvalue weighted by Gasteiger charge is 2.13. The second-order valence-corrected chi connectivity index (χ2v) is 6.56. The van der Waals surface area contributed by atoms with Crippen molar-refractivity contribution >= 4 is 45.3 Å². The smallest absolute Gasteiger partial charge is 0.272 e. The van der Waals surface area contributed by atoms with Gasteiger partial charge in [-0.25, -0.2) is 5.43 Å². The van der Waals surface area contributed by atoms with Crippen LogP contribution in [0.15, 0.2) is 68.6 Å². The van der Waals surface area contributed by atoms with E-state index in [4.69, 9.17) is 16.0 Å². The van der Waals surface area contributed by atoms with E-state index in [9.17, 15) is 14.9 Å². The topological polar surface area (TPSA) is 97.7 Å². The van der Waals surface area contributed by atoms with Gasteiger partial charge in [0.2, 0.25) is 0 Å². The largest absolute Gasteiger partial charge is 0.455 e. The van der Waals surface area contributed by atoms with Gasteiger partial charge in [-0.2, -0.15) is 5.10 Å². The molecule has 0 aliphatic heterocycles. The van der Waals surface area contributed by atoms with Crippen molar-refractivity contribution in [3.63, 3.8) is 0 Å². The SMILES string of the molecule is O=C(N/N=C/c1ccc(-c2ccc([N+](=O)[O-])cc2Cl)o1)c1ccccc1Br. The Morgan fingerprint density at radius 2 is 2.00 bits per heavy atom. The molecule has 1 heterocycles. The highest BCUT2D eigenvalue weighted by atomic mass is 79.9. The maximum Gasteiger partial charge on any atom is 0.272 e. The van der Waals surface area contributed by atoms with Crippen LogP contribution in [0.4, 0.5) is 5.69 Å². The zero-order valence-corrected chi connectivity index (χ0v) is 15.9. The molecule has 3 rings (SSSR count). The van der Waals surface area contributed by atoms with Gasteiger partial charge in [-0.15, -0.1) is 0 Å². The van der Waals surface area contributed by atoms with Crippen molar-refractivity contribution in [3.05, 3.63) is 85.5 Å². The van der Waals surface area contributed by atoms with E-state index in [1.807, 2.05) is 0 Å². The van der Waals surface area contributed by atoms with Gasteiger partial charge in [0.25, 0.3) is 11.6 Å². The molecule has 0 unspecified atom stereocenters. The Labute approximate surface area is 166 Å². The summed E-state index contributed by atoms with van der Waals surface area (Å²) in [5.74, 6) is 0.434. The Balaban J connectivity index is 1.71. The van der Waals surface area contributed by atoms with Crippen LogP contribution in [0.25, 0.3) is 11.3 Å². The monoisotopic (exact) mass is 447 g/mol. The number of nitro groups is 1. The second kappa shape index (κ2) is 8.15. The number of hydrogen-bond donors (Lipinski definition) is 1. The number of hydrazone groups is 1. The number of carbonyl (C=O) groups is 1. The van der Waals surface area contributed by atoms with E-state index in [-0.39, 0.29) is 16.6 Å². The fourth-order valence-electron chi connectivity index (χ4n) is 2.24. The average Bonchev–Trinajstić information content (AvgIpc) is 3.10. The summed E-state index contributed by atoms with van der Waals surface area (Å²) in [6, 6.07) is 14.4. The molecule has 1 N–H and O–H groups in total. The molecule has 0 saturated carbocycles. The minimum absolute atomic E-state index is 0.105. The van der Waals surface area contributed by atoms with E-state index >= 15 is 0 Å². The summed E-state index contributed by atoms with van der Waals surface area (Å²) in [6.07, 6.45) is 1.34. The van der Waals surface area contributed by atoms with Crippen LogP contribution in [0.3, 0.4) is 0 Å². The number of carbonyl (C=O) groups excluding carboxylic acids is 1. The number of benzene rings is 2. The Kier molecular flexibility index (Phi) is 5.68. The standard InChI is InChI=1S/C18H11BrClN3O4/c19-15-4-2-1-3-13(15)18(24)22-21-10-12-6-8-17(27-12)14-7-5-11(23(25)26)9-16(14)20/h1-10H,(H,22,24)/b21-10+. The average molecular weight is 449 g/mol. The van der Waals surface area contributed by atoms with Crippen molar-refractivity contribution in [2.45, 2.75) is 0 Å². The van der Waals surface area contributed by atoms with E-state index < -0.39 is 4.92 Å². The van der Waals surface area contributed by atoms with Crippen molar-refractivity contribution in [1.82, 2.24) is 5.43 Å². The summed E-state index contributed by atoms with van der Waals surface area (Å²) in [7, 11) is 0. The molecule has 9 heteroatoms. The number of rotatable bonds is 5. The molecule has 0 radical (unpaired) electrons. The lowest BCUT2D eigenvalue weighted by molar-refractivity contribution is -0.384. The third-order valence-electron chi connectivity index (χ3n) is 3.53. The Morgan fingerprint density at radius 3 is 2.70 bits per heavy atom. The van der Waals surface area contributed by atoms with Crippen LogP contribution >= 0.6 is 27.5 Å². The number of halogens is 2. The maximum absolute atomic E-state index is 12.1.